The largest absolute Gasteiger partial charge is 0.491 e. The minimum Gasteiger partial charge on any atom is -0.491 e. The first kappa shape index (κ1) is 25.2. The van der Waals surface area contributed by atoms with Crippen molar-refractivity contribution in [3.63, 3.8) is 0 Å². The number of nitrogens with zero attached hydrogens (tertiary/aromatic N) is 2. The van der Waals surface area contributed by atoms with Crippen LogP contribution in [0.5, 0.6) is 5.75 Å². The smallest absolute Gasteiger partial charge is 0.257 e. The molecule has 0 N–H and O–H groups in total. The third kappa shape index (κ3) is 7.86. The van der Waals surface area contributed by atoms with E-state index < -0.39 is 0 Å². The molecule has 2 rings (SSSR count). The van der Waals surface area contributed by atoms with E-state index in [1.165, 1.54) is 0 Å². The van der Waals surface area contributed by atoms with Gasteiger partial charge < -0.3 is 14.5 Å². The van der Waals surface area contributed by atoms with Crippen LogP contribution in [0.15, 0.2) is 24.3 Å². The summed E-state index contributed by atoms with van der Waals surface area (Å²) in [6.07, 6.45) is 5.58. The maximum atomic E-state index is 13.2. The molecule has 31 heavy (non-hydrogen) atoms. The van der Waals surface area contributed by atoms with Crippen LogP contribution in [0.25, 0.3) is 0 Å². The highest BCUT2D eigenvalue weighted by atomic mass is 16.5. The monoisotopic (exact) mass is 430 g/mol. The molecule has 1 atom stereocenters. The number of carbonyl (C=O) groups is 2. The molecular formula is C26H42N2O3. The lowest BCUT2D eigenvalue weighted by atomic mass is 10.0. The second kappa shape index (κ2) is 12.7. The number of fused-ring (bicyclic) bond motifs is 1. The number of ether oxygens (including phenoxy) is 1. The number of amides is 2. The highest BCUT2D eigenvalue weighted by Crippen LogP contribution is 2.24. The number of benzene rings is 1. The zero-order valence-electron chi connectivity index (χ0n) is 20.2. The Hall–Kier alpha value is -2.04. The first-order chi connectivity index (χ1) is 14.8. The molecule has 1 aromatic rings. The van der Waals surface area contributed by atoms with Gasteiger partial charge in [0.25, 0.3) is 5.91 Å². The van der Waals surface area contributed by atoms with Crippen molar-refractivity contribution in [2.45, 2.75) is 79.2 Å². The number of carbonyl (C=O) groups excluding carboxylic acids is 2. The van der Waals surface area contributed by atoms with Crippen LogP contribution in [0.1, 0.15) is 83.5 Å². The van der Waals surface area contributed by atoms with Gasteiger partial charge in [0.15, 0.2) is 0 Å². The quantitative estimate of drug-likeness (QED) is 0.629. The molecule has 1 heterocycles. The molecule has 5 nitrogen and oxygen atoms in total. The zero-order valence-corrected chi connectivity index (χ0v) is 20.2. The summed E-state index contributed by atoms with van der Waals surface area (Å²) in [4.78, 5) is 30.3. The van der Waals surface area contributed by atoms with E-state index >= 15 is 0 Å². The fraction of sp³-hybridized carbons (Fsp3) is 0.692. The summed E-state index contributed by atoms with van der Waals surface area (Å²) < 4.78 is 6.25. The molecule has 0 unspecified atom stereocenters. The molecule has 1 aromatic carbocycles. The molecule has 0 aromatic heterocycles. The average molecular weight is 431 g/mol. The Kier molecular flexibility index (Phi) is 10.4. The Morgan fingerprint density at radius 3 is 2.35 bits per heavy atom. The first-order valence-electron chi connectivity index (χ1n) is 12.1. The van der Waals surface area contributed by atoms with Crippen LogP contribution >= 0.6 is 0 Å². The van der Waals surface area contributed by atoms with Crippen LogP contribution in [0.3, 0.4) is 0 Å². The van der Waals surface area contributed by atoms with E-state index in [1.807, 2.05) is 36.1 Å². The molecule has 0 saturated carbocycles. The van der Waals surface area contributed by atoms with Gasteiger partial charge >= 0.3 is 0 Å². The van der Waals surface area contributed by atoms with E-state index in [9.17, 15) is 9.59 Å². The Balaban J connectivity index is 2.33. The van der Waals surface area contributed by atoms with Gasteiger partial charge in [-0.3, -0.25) is 9.59 Å². The first-order valence-corrected chi connectivity index (χ1v) is 12.1. The predicted octanol–water partition coefficient (Wildman–Crippen LogP) is 5.39. The van der Waals surface area contributed by atoms with E-state index in [-0.39, 0.29) is 17.9 Å². The topological polar surface area (TPSA) is 49.9 Å². The normalized spacial score (nSPS) is 19.2. The van der Waals surface area contributed by atoms with E-state index in [1.54, 1.807) is 0 Å². The van der Waals surface area contributed by atoms with Crippen LogP contribution < -0.4 is 4.74 Å². The standard InChI is InChI=1S/C26H42N2O3/c1-6-27-15-11-7-8-12-16-28(25(29)18-21(4)5)22(17-20(2)3)19-31-24-14-10-9-13-23(24)26(27)30/h9-10,13-14,20-22H,6-8,11-12,15-19H2,1-5H3/t22-/m0/s1. The summed E-state index contributed by atoms with van der Waals surface area (Å²) in [5.74, 6) is 1.66. The molecular weight excluding hydrogens is 388 g/mol. The van der Waals surface area contributed by atoms with Crippen LogP contribution in [0.2, 0.25) is 0 Å². The van der Waals surface area contributed by atoms with Crippen LogP contribution in [0, 0.1) is 11.8 Å². The summed E-state index contributed by atoms with van der Waals surface area (Å²) in [5.41, 5.74) is 0.616. The third-order valence-corrected chi connectivity index (χ3v) is 5.88. The van der Waals surface area contributed by atoms with Crippen molar-refractivity contribution >= 4 is 11.8 Å². The minimum atomic E-state index is 0.0135. The van der Waals surface area contributed by atoms with Crippen molar-refractivity contribution in [2.24, 2.45) is 11.8 Å². The molecule has 0 bridgehead atoms. The Labute approximate surface area is 189 Å². The molecule has 174 valence electrons. The second-order valence-corrected chi connectivity index (χ2v) is 9.57. The summed E-state index contributed by atoms with van der Waals surface area (Å²) in [7, 11) is 0. The van der Waals surface area contributed by atoms with Crippen molar-refractivity contribution in [2.75, 3.05) is 26.2 Å². The second-order valence-electron chi connectivity index (χ2n) is 9.57. The van der Waals surface area contributed by atoms with Gasteiger partial charge in [0.05, 0.1) is 11.6 Å². The highest BCUT2D eigenvalue weighted by molar-refractivity contribution is 5.96. The Morgan fingerprint density at radius 2 is 1.71 bits per heavy atom. The van der Waals surface area contributed by atoms with Gasteiger partial charge in [-0.15, -0.1) is 0 Å². The summed E-state index contributed by atoms with van der Waals surface area (Å²) in [6, 6.07) is 7.54. The van der Waals surface area contributed by atoms with E-state index in [0.29, 0.717) is 42.7 Å². The number of hydrogen-bond acceptors (Lipinski definition) is 3. The van der Waals surface area contributed by atoms with Crippen LogP contribution in [-0.4, -0.2) is 53.9 Å². The van der Waals surface area contributed by atoms with Gasteiger partial charge in [0, 0.05) is 26.1 Å². The van der Waals surface area contributed by atoms with Gasteiger partial charge in [-0.05, 0) is 50.2 Å². The van der Waals surface area contributed by atoms with Crippen molar-refractivity contribution in [3.8, 4) is 5.75 Å². The van der Waals surface area contributed by atoms with E-state index in [4.69, 9.17) is 4.74 Å². The SMILES string of the molecule is CCN1CCCCCCN(C(=O)CC(C)C)[C@@H](CC(C)C)COc2ccccc2C1=O. The highest BCUT2D eigenvalue weighted by Gasteiger charge is 2.27. The van der Waals surface area contributed by atoms with Gasteiger partial charge in [-0.2, -0.15) is 0 Å². The van der Waals surface area contributed by atoms with Gasteiger partial charge in [0.1, 0.15) is 12.4 Å². The van der Waals surface area contributed by atoms with E-state index in [0.717, 1.165) is 45.2 Å². The van der Waals surface area contributed by atoms with Gasteiger partial charge in [0.2, 0.25) is 5.91 Å². The number of hydrogen-bond donors (Lipinski definition) is 0. The minimum absolute atomic E-state index is 0.0135. The fourth-order valence-corrected chi connectivity index (χ4v) is 4.27. The van der Waals surface area contributed by atoms with Gasteiger partial charge in [-0.25, -0.2) is 0 Å². The molecule has 0 fully saturated rings. The van der Waals surface area contributed by atoms with Crippen molar-refractivity contribution in [1.29, 1.82) is 0 Å². The molecule has 0 radical (unpaired) electrons. The molecule has 0 aliphatic carbocycles. The lowest BCUT2D eigenvalue weighted by Gasteiger charge is -2.34. The van der Waals surface area contributed by atoms with Crippen molar-refractivity contribution < 1.29 is 14.3 Å². The summed E-state index contributed by atoms with van der Waals surface area (Å²) in [6.45, 7) is 13.2. The number of para-hydroxylation sites is 1. The summed E-state index contributed by atoms with van der Waals surface area (Å²) >= 11 is 0. The average Bonchev–Trinajstić information content (AvgIpc) is 2.72. The third-order valence-electron chi connectivity index (χ3n) is 5.88. The molecule has 5 heteroatoms. The molecule has 0 spiro atoms. The Morgan fingerprint density at radius 1 is 1.03 bits per heavy atom. The maximum Gasteiger partial charge on any atom is 0.257 e. The molecule has 2 amide bonds. The van der Waals surface area contributed by atoms with E-state index in [2.05, 4.69) is 32.6 Å². The fourth-order valence-electron chi connectivity index (χ4n) is 4.27. The van der Waals surface area contributed by atoms with Crippen LogP contribution in [0.4, 0.5) is 0 Å². The van der Waals surface area contributed by atoms with Crippen LogP contribution in [-0.2, 0) is 4.79 Å². The number of rotatable bonds is 5. The molecule has 0 saturated heterocycles. The zero-order chi connectivity index (χ0) is 22.8. The van der Waals surface area contributed by atoms with Gasteiger partial charge in [-0.1, -0.05) is 52.7 Å². The predicted molar refractivity (Wildman–Crippen MR) is 126 cm³/mol. The lowest BCUT2D eigenvalue weighted by molar-refractivity contribution is -0.135. The summed E-state index contributed by atoms with van der Waals surface area (Å²) in [5, 5.41) is 0. The Bertz CT molecular complexity index is 702. The lowest BCUT2D eigenvalue weighted by Crippen LogP contribution is -2.45. The molecule has 1 aliphatic rings. The van der Waals surface area contributed by atoms with Crippen molar-refractivity contribution in [1.82, 2.24) is 9.80 Å². The van der Waals surface area contributed by atoms with Crippen molar-refractivity contribution in [3.05, 3.63) is 29.8 Å². The molecule has 1 aliphatic heterocycles. The maximum absolute atomic E-state index is 13.2.